The molecule has 0 atom stereocenters. The van der Waals surface area contributed by atoms with Crippen LogP contribution >= 0.6 is 15.9 Å². The number of aromatic nitrogens is 1. The van der Waals surface area contributed by atoms with Crippen LogP contribution < -0.4 is 5.32 Å². The summed E-state index contributed by atoms with van der Waals surface area (Å²) in [4.78, 5) is 16.1. The summed E-state index contributed by atoms with van der Waals surface area (Å²) in [7, 11) is 0. The molecule has 0 unspecified atom stereocenters. The van der Waals surface area contributed by atoms with E-state index in [0.29, 0.717) is 23.6 Å². The molecule has 1 N–H and O–H groups in total. The standard InChI is InChI=1S/C19H14BrN3O2/c1-2-25-19(24)13-4-6-14(7-5-13)23-18-15-8-3-12(10-21)9-16(15)17(20)11-22-18/h3-9,11H,2H2,1H3,(H,22,23). The third-order valence-corrected chi connectivity index (χ3v) is 4.26. The number of fused-ring (bicyclic) bond motifs is 1. The first kappa shape index (κ1) is 16.9. The Morgan fingerprint density at radius 3 is 2.68 bits per heavy atom. The second-order valence-corrected chi connectivity index (χ2v) is 6.10. The number of hydrogen-bond donors (Lipinski definition) is 1. The van der Waals surface area contributed by atoms with E-state index in [1.54, 1.807) is 43.5 Å². The molecule has 3 rings (SSSR count). The minimum Gasteiger partial charge on any atom is -0.462 e. The zero-order valence-corrected chi connectivity index (χ0v) is 15.0. The van der Waals surface area contributed by atoms with Crippen LogP contribution in [0.5, 0.6) is 0 Å². The number of anilines is 2. The lowest BCUT2D eigenvalue weighted by atomic mass is 10.1. The van der Waals surface area contributed by atoms with E-state index in [9.17, 15) is 4.79 Å². The highest BCUT2D eigenvalue weighted by molar-refractivity contribution is 9.10. The van der Waals surface area contributed by atoms with Crippen molar-refractivity contribution in [1.82, 2.24) is 4.98 Å². The maximum Gasteiger partial charge on any atom is 0.338 e. The summed E-state index contributed by atoms with van der Waals surface area (Å²) in [5, 5.41) is 14.1. The van der Waals surface area contributed by atoms with Crippen molar-refractivity contribution in [3.05, 3.63) is 64.3 Å². The predicted octanol–water partition coefficient (Wildman–Crippen LogP) is 4.79. The Kier molecular flexibility index (Phi) is 4.96. The molecular formula is C19H14BrN3O2. The van der Waals surface area contributed by atoms with Crippen molar-refractivity contribution in [2.45, 2.75) is 6.92 Å². The van der Waals surface area contributed by atoms with Crippen LogP contribution in [-0.4, -0.2) is 17.6 Å². The fourth-order valence-corrected chi connectivity index (χ4v) is 2.85. The maximum atomic E-state index is 11.7. The number of carbonyl (C=O) groups is 1. The summed E-state index contributed by atoms with van der Waals surface area (Å²) in [6, 6.07) is 14.6. The first-order chi connectivity index (χ1) is 12.1. The minimum absolute atomic E-state index is 0.342. The number of benzene rings is 2. The van der Waals surface area contributed by atoms with E-state index in [1.165, 1.54) is 0 Å². The summed E-state index contributed by atoms with van der Waals surface area (Å²) in [6.07, 6.45) is 1.69. The Bertz CT molecular complexity index is 978. The highest BCUT2D eigenvalue weighted by Crippen LogP contribution is 2.30. The summed E-state index contributed by atoms with van der Waals surface area (Å²) in [5.41, 5.74) is 1.89. The van der Waals surface area contributed by atoms with Crippen molar-refractivity contribution < 1.29 is 9.53 Å². The molecule has 0 aliphatic carbocycles. The van der Waals surface area contributed by atoms with Gasteiger partial charge < -0.3 is 10.1 Å². The molecule has 0 amide bonds. The van der Waals surface area contributed by atoms with E-state index < -0.39 is 0 Å². The van der Waals surface area contributed by atoms with Gasteiger partial charge in [0.1, 0.15) is 5.82 Å². The average Bonchev–Trinajstić information content (AvgIpc) is 2.64. The number of ether oxygens (including phenoxy) is 1. The summed E-state index contributed by atoms with van der Waals surface area (Å²) in [5.74, 6) is 0.330. The molecule has 0 spiro atoms. The molecule has 124 valence electrons. The highest BCUT2D eigenvalue weighted by atomic mass is 79.9. The van der Waals surface area contributed by atoms with Gasteiger partial charge in [0.25, 0.3) is 0 Å². The van der Waals surface area contributed by atoms with Crippen molar-refractivity contribution in [3.8, 4) is 6.07 Å². The van der Waals surface area contributed by atoms with E-state index in [4.69, 9.17) is 10.00 Å². The quantitative estimate of drug-likeness (QED) is 0.642. The molecule has 0 radical (unpaired) electrons. The average molecular weight is 396 g/mol. The Hall–Kier alpha value is -2.91. The number of rotatable bonds is 4. The van der Waals surface area contributed by atoms with Gasteiger partial charge in [-0.05, 0) is 65.3 Å². The van der Waals surface area contributed by atoms with Crippen LogP contribution in [-0.2, 0) is 4.74 Å². The second-order valence-electron chi connectivity index (χ2n) is 5.25. The molecule has 0 aliphatic rings. The molecule has 1 heterocycles. The normalized spacial score (nSPS) is 10.3. The van der Waals surface area contributed by atoms with E-state index in [-0.39, 0.29) is 5.97 Å². The zero-order chi connectivity index (χ0) is 17.8. The minimum atomic E-state index is -0.342. The van der Waals surface area contributed by atoms with Crippen molar-refractivity contribution >= 4 is 44.2 Å². The lowest BCUT2D eigenvalue weighted by molar-refractivity contribution is 0.0526. The van der Waals surface area contributed by atoms with Crippen LogP contribution in [0.25, 0.3) is 10.8 Å². The summed E-state index contributed by atoms with van der Waals surface area (Å²) >= 11 is 3.47. The predicted molar refractivity (Wildman–Crippen MR) is 99.8 cm³/mol. The van der Waals surface area contributed by atoms with Crippen LogP contribution in [0, 0.1) is 11.3 Å². The Morgan fingerprint density at radius 1 is 1.24 bits per heavy atom. The lowest BCUT2D eigenvalue weighted by Crippen LogP contribution is -2.04. The number of hydrogen-bond acceptors (Lipinski definition) is 5. The molecule has 0 aliphatic heterocycles. The summed E-state index contributed by atoms with van der Waals surface area (Å²) < 4.78 is 5.80. The van der Waals surface area contributed by atoms with E-state index >= 15 is 0 Å². The number of nitrogens with zero attached hydrogens (tertiary/aromatic N) is 2. The largest absolute Gasteiger partial charge is 0.462 e. The molecule has 1 aromatic heterocycles. The topological polar surface area (TPSA) is 75.0 Å². The fraction of sp³-hybridized carbons (Fsp3) is 0.105. The van der Waals surface area contributed by atoms with E-state index in [2.05, 4.69) is 32.3 Å². The molecule has 0 saturated carbocycles. The Morgan fingerprint density at radius 2 is 2.00 bits per heavy atom. The van der Waals surface area contributed by atoms with Gasteiger partial charge in [0, 0.05) is 27.1 Å². The van der Waals surface area contributed by atoms with Gasteiger partial charge in [-0.15, -0.1) is 0 Å². The van der Waals surface area contributed by atoms with Crippen LogP contribution in [0.15, 0.2) is 53.1 Å². The zero-order valence-electron chi connectivity index (χ0n) is 13.4. The first-order valence-electron chi connectivity index (χ1n) is 7.65. The maximum absolute atomic E-state index is 11.7. The number of halogens is 1. The third-order valence-electron chi connectivity index (χ3n) is 3.63. The molecule has 0 bridgehead atoms. The number of nitrogens with one attached hydrogen (secondary N) is 1. The van der Waals surface area contributed by atoms with Gasteiger partial charge in [0.05, 0.1) is 23.8 Å². The van der Waals surface area contributed by atoms with E-state index in [1.807, 2.05) is 12.1 Å². The van der Waals surface area contributed by atoms with Crippen LogP contribution in [0.4, 0.5) is 11.5 Å². The number of nitriles is 1. The molecule has 3 aromatic rings. The van der Waals surface area contributed by atoms with Gasteiger partial charge in [0.2, 0.25) is 0 Å². The molecule has 0 saturated heterocycles. The van der Waals surface area contributed by atoms with Gasteiger partial charge in [-0.1, -0.05) is 0 Å². The SMILES string of the molecule is CCOC(=O)c1ccc(Nc2ncc(Br)c3cc(C#N)ccc23)cc1. The number of pyridine rings is 1. The highest BCUT2D eigenvalue weighted by Gasteiger charge is 2.09. The molecule has 2 aromatic carbocycles. The van der Waals surface area contributed by atoms with Crippen LogP contribution in [0.3, 0.4) is 0 Å². The second kappa shape index (κ2) is 7.32. The number of esters is 1. The van der Waals surface area contributed by atoms with Crippen LogP contribution in [0.2, 0.25) is 0 Å². The molecular weight excluding hydrogens is 382 g/mol. The van der Waals surface area contributed by atoms with Gasteiger partial charge >= 0.3 is 5.97 Å². The van der Waals surface area contributed by atoms with Gasteiger partial charge in [-0.2, -0.15) is 5.26 Å². The molecule has 0 fully saturated rings. The van der Waals surface area contributed by atoms with Gasteiger partial charge in [-0.3, -0.25) is 0 Å². The van der Waals surface area contributed by atoms with E-state index in [0.717, 1.165) is 20.9 Å². The van der Waals surface area contributed by atoms with Crippen molar-refractivity contribution in [3.63, 3.8) is 0 Å². The van der Waals surface area contributed by atoms with Crippen molar-refractivity contribution in [1.29, 1.82) is 5.26 Å². The van der Waals surface area contributed by atoms with Crippen LogP contribution in [0.1, 0.15) is 22.8 Å². The lowest BCUT2D eigenvalue weighted by Gasteiger charge is -2.11. The monoisotopic (exact) mass is 395 g/mol. The molecule has 6 heteroatoms. The Labute approximate surface area is 153 Å². The number of carbonyl (C=O) groups excluding carboxylic acids is 1. The smallest absolute Gasteiger partial charge is 0.338 e. The van der Waals surface area contributed by atoms with Gasteiger partial charge in [0.15, 0.2) is 0 Å². The Balaban J connectivity index is 1.92. The third kappa shape index (κ3) is 3.62. The molecule has 25 heavy (non-hydrogen) atoms. The molecule has 5 nitrogen and oxygen atoms in total. The fourth-order valence-electron chi connectivity index (χ4n) is 2.42. The van der Waals surface area contributed by atoms with Crippen molar-refractivity contribution in [2.75, 3.05) is 11.9 Å². The van der Waals surface area contributed by atoms with Gasteiger partial charge in [-0.25, -0.2) is 9.78 Å². The van der Waals surface area contributed by atoms with Crippen molar-refractivity contribution in [2.24, 2.45) is 0 Å². The first-order valence-corrected chi connectivity index (χ1v) is 8.44. The summed E-state index contributed by atoms with van der Waals surface area (Å²) in [6.45, 7) is 2.12.